The molecule has 1 saturated carbocycles. The van der Waals surface area contributed by atoms with Gasteiger partial charge in [0.25, 0.3) is 0 Å². The summed E-state index contributed by atoms with van der Waals surface area (Å²) in [6, 6.07) is 9.51. The number of para-hydroxylation sites is 1. The molecule has 0 amide bonds. The molecule has 3 rings (SSSR count). The van der Waals surface area contributed by atoms with Crippen LogP contribution in [0.1, 0.15) is 25.7 Å². The number of rotatable bonds is 5. The summed E-state index contributed by atoms with van der Waals surface area (Å²) in [6.07, 6.45) is 2.74. The molecule has 1 heterocycles. The van der Waals surface area contributed by atoms with Crippen molar-refractivity contribution in [3.05, 3.63) is 30.3 Å². The van der Waals surface area contributed by atoms with E-state index in [0.717, 1.165) is 24.9 Å². The second kappa shape index (κ2) is 4.92. The number of hydrogen-bond acceptors (Lipinski definition) is 5. The zero-order valence-corrected chi connectivity index (χ0v) is 10.9. The molecule has 0 radical (unpaired) electrons. The number of tetrazole rings is 1. The maximum Gasteiger partial charge on any atom is 0.305 e. The van der Waals surface area contributed by atoms with Crippen LogP contribution in [0.4, 0.5) is 5.95 Å². The van der Waals surface area contributed by atoms with Gasteiger partial charge in [0, 0.05) is 0 Å². The van der Waals surface area contributed by atoms with Crippen molar-refractivity contribution in [3.63, 3.8) is 0 Å². The van der Waals surface area contributed by atoms with Gasteiger partial charge in [-0.3, -0.25) is 4.79 Å². The summed E-state index contributed by atoms with van der Waals surface area (Å²) in [5.41, 5.74) is 0.414. The minimum Gasteiger partial charge on any atom is -0.481 e. The monoisotopic (exact) mass is 273 g/mol. The predicted molar refractivity (Wildman–Crippen MR) is 71.6 cm³/mol. The molecular formula is C13H15N5O2. The van der Waals surface area contributed by atoms with Crippen molar-refractivity contribution in [3.8, 4) is 5.69 Å². The molecule has 0 unspecified atom stereocenters. The van der Waals surface area contributed by atoms with Crippen molar-refractivity contribution in [2.45, 2.75) is 31.2 Å². The molecule has 2 N–H and O–H groups in total. The van der Waals surface area contributed by atoms with Gasteiger partial charge in [-0.2, -0.15) is 4.68 Å². The molecule has 1 aliphatic carbocycles. The average molecular weight is 273 g/mol. The second-order valence-corrected chi connectivity index (χ2v) is 5.08. The molecule has 1 aliphatic rings. The molecule has 0 spiro atoms. The number of aliphatic carboxylic acids is 1. The lowest BCUT2D eigenvalue weighted by Crippen LogP contribution is -2.47. The fourth-order valence-electron chi connectivity index (χ4n) is 2.48. The van der Waals surface area contributed by atoms with Gasteiger partial charge in [0.2, 0.25) is 5.95 Å². The van der Waals surface area contributed by atoms with Crippen molar-refractivity contribution in [1.82, 2.24) is 20.2 Å². The molecule has 1 aromatic heterocycles. The van der Waals surface area contributed by atoms with Gasteiger partial charge in [-0.05, 0) is 41.8 Å². The predicted octanol–water partition coefficient (Wildman–Crippen LogP) is 1.47. The standard InChI is InChI=1S/C13H15N5O2/c19-11(20)9-13(7-4-8-13)14-12-15-16-17-18(12)10-5-2-1-3-6-10/h1-3,5-6H,4,7-9H2,(H,19,20)(H,14,15,17). The Morgan fingerprint density at radius 3 is 2.70 bits per heavy atom. The van der Waals surface area contributed by atoms with Crippen LogP contribution < -0.4 is 5.32 Å². The van der Waals surface area contributed by atoms with Crippen LogP contribution in [0, 0.1) is 0 Å². The van der Waals surface area contributed by atoms with Crippen LogP contribution in [0.15, 0.2) is 30.3 Å². The Bertz CT molecular complexity index is 606. The Morgan fingerprint density at radius 1 is 1.35 bits per heavy atom. The number of carboxylic acids is 1. The van der Waals surface area contributed by atoms with E-state index in [1.807, 2.05) is 30.3 Å². The van der Waals surface area contributed by atoms with Crippen molar-refractivity contribution < 1.29 is 9.90 Å². The molecule has 0 atom stereocenters. The highest BCUT2D eigenvalue weighted by Gasteiger charge is 2.40. The minimum atomic E-state index is -0.809. The van der Waals surface area contributed by atoms with Gasteiger partial charge in [-0.15, -0.1) is 0 Å². The van der Waals surface area contributed by atoms with Gasteiger partial charge in [0.1, 0.15) is 0 Å². The first-order valence-electron chi connectivity index (χ1n) is 6.52. The van der Waals surface area contributed by atoms with Crippen LogP contribution >= 0.6 is 0 Å². The summed E-state index contributed by atoms with van der Waals surface area (Å²) in [5.74, 6) is -0.326. The molecule has 7 nitrogen and oxygen atoms in total. The van der Waals surface area contributed by atoms with E-state index in [1.54, 1.807) is 4.68 Å². The van der Waals surface area contributed by atoms with E-state index in [1.165, 1.54) is 0 Å². The van der Waals surface area contributed by atoms with Crippen LogP contribution in [-0.2, 0) is 4.79 Å². The van der Waals surface area contributed by atoms with E-state index in [2.05, 4.69) is 20.8 Å². The SMILES string of the molecule is O=C(O)CC1(Nc2nnnn2-c2ccccc2)CCC1. The van der Waals surface area contributed by atoms with Crippen molar-refractivity contribution >= 4 is 11.9 Å². The van der Waals surface area contributed by atoms with Gasteiger partial charge in [-0.1, -0.05) is 23.3 Å². The lowest BCUT2D eigenvalue weighted by molar-refractivity contribution is -0.138. The number of anilines is 1. The minimum absolute atomic E-state index is 0.0780. The van der Waals surface area contributed by atoms with E-state index < -0.39 is 11.5 Å². The van der Waals surface area contributed by atoms with E-state index in [-0.39, 0.29) is 6.42 Å². The highest BCUT2D eigenvalue weighted by Crippen LogP contribution is 2.37. The zero-order valence-electron chi connectivity index (χ0n) is 10.9. The molecule has 104 valence electrons. The molecule has 2 aromatic rings. The summed E-state index contributed by atoms with van der Waals surface area (Å²) in [4.78, 5) is 11.0. The van der Waals surface area contributed by atoms with Gasteiger partial charge in [-0.25, -0.2) is 0 Å². The van der Waals surface area contributed by atoms with E-state index in [0.29, 0.717) is 5.95 Å². The smallest absolute Gasteiger partial charge is 0.305 e. The number of nitrogens with one attached hydrogen (secondary N) is 1. The third kappa shape index (κ3) is 2.34. The molecule has 1 aromatic carbocycles. The summed E-state index contributed by atoms with van der Waals surface area (Å²) in [7, 11) is 0. The molecule has 0 saturated heterocycles. The molecule has 0 bridgehead atoms. The van der Waals surface area contributed by atoms with Gasteiger partial charge in [0.05, 0.1) is 17.6 Å². The number of carbonyl (C=O) groups is 1. The van der Waals surface area contributed by atoms with Crippen molar-refractivity contribution in [1.29, 1.82) is 0 Å². The molecule has 20 heavy (non-hydrogen) atoms. The van der Waals surface area contributed by atoms with Gasteiger partial charge < -0.3 is 10.4 Å². The van der Waals surface area contributed by atoms with Crippen LogP contribution in [0.25, 0.3) is 5.69 Å². The molecule has 0 aliphatic heterocycles. The Morgan fingerprint density at radius 2 is 2.10 bits per heavy atom. The maximum absolute atomic E-state index is 11.0. The Kier molecular flexibility index (Phi) is 3.09. The second-order valence-electron chi connectivity index (χ2n) is 5.08. The summed E-state index contributed by atoms with van der Waals surface area (Å²) in [5, 5.41) is 23.8. The maximum atomic E-state index is 11.0. The van der Waals surface area contributed by atoms with Crippen LogP contribution in [-0.4, -0.2) is 36.8 Å². The third-order valence-corrected chi connectivity index (χ3v) is 3.65. The summed E-state index contributed by atoms with van der Waals surface area (Å²) < 4.78 is 1.59. The Hall–Kier alpha value is -2.44. The summed E-state index contributed by atoms with van der Waals surface area (Å²) in [6.45, 7) is 0. The first-order valence-corrected chi connectivity index (χ1v) is 6.52. The number of hydrogen-bond donors (Lipinski definition) is 2. The topological polar surface area (TPSA) is 92.9 Å². The molecule has 1 fully saturated rings. The van der Waals surface area contributed by atoms with Crippen LogP contribution in [0.5, 0.6) is 0 Å². The first kappa shape index (κ1) is 12.6. The van der Waals surface area contributed by atoms with E-state index in [9.17, 15) is 4.79 Å². The lowest BCUT2D eigenvalue weighted by atomic mass is 9.74. The van der Waals surface area contributed by atoms with Crippen LogP contribution in [0.2, 0.25) is 0 Å². The largest absolute Gasteiger partial charge is 0.481 e. The molecule has 7 heteroatoms. The Labute approximate surface area is 115 Å². The number of carboxylic acid groups (broad SMARTS) is 1. The fraction of sp³-hybridized carbons (Fsp3) is 0.385. The molecular weight excluding hydrogens is 258 g/mol. The normalized spacial score (nSPS) is 16.4. The number of aromatic nitrogens is 4. The van der Waals surface area contributed by atoms with Gasteiger partial charge in [0.15, 0.2) is 0 Å². The van der Waals surface area contributed by atoms with E-state index in [4.69, 9.17) is 5.11 Å². The van der Waals surface area contributed by atoms with Gasteiger partial charge >= 0.3 is 5.97 Å². The van der Waals surface area contributed by atoms with Crippen molar-refractivity contribution in [2.24, 2.45) is 0 Å². The average Bonchev–Trinajstić information content (AvgIpc) is 2.84. The highest BCUT2D eigenvalue weighted by atomic mass is 16.4. The van der Waals surface area contributed by atoms with E-state index >= 15 is 0 Å². The quantitative estimate of drug-likeness (QED) is 0.857. The van der Waals surface area contributed by atoms with Crippen molar-refractivity contribution in [2.75, 3.05) is 5.32 Å². The summed E-state index contributed by atoms with van der Waals surface area (Å²) >= 11 is 0. The first-order chi connectivity index (χ1) is 9.69. The Balaban J connectivity index is 1.85. The lowest BCUT2D eigenvalue weighted by Gasteiger charge is -2.41. The third-order valence-electron chi connectivity index (χ3n) is 3.65. The number of nitrogens with zero attached hydrogens (tertiary/aromatic N) is 4. The highest BCUT2D eigenvalue weighted by molar-refractivity contribution is 5.69. The zero-order chi connectivity index (χ0) is 14.0. The fourth-order valence-corrected chi connectivity index (χ4v) is 2.48. The van der Waals surface area contributed by atoms with Crippen LogP contribution in [0.3, 0.4) is 0 Å². The number of benzene rings is 1.